The monoisotopic (exact) mass is 245 g/mol. The van der Waals surface area contributed by atoms with Gasteiger partial charge in [0.05, 0.1) is 6.20 Å². The molecule has 2 N–H and O–H groups in total. The Labute approximate surface area is 107 Å². The van der Waals surface area contributed by atoms with Gasteiger partial charge in [-0.3, -0.25) is 0 Å². The number of aromatic nitrogens is 3. The summed E-state index contributed by atoms with van der Waals surface area (Å²) in [6, 6.07) is 4.57. The molecule has 3 rings (SSSR count). The highest BCUT2D eigenvalue weighted by Crippen LogP contribution is 2.26. The van der Waals surface area contributed by atoms with E-state index in [-0.39, 0.29) is 0 Å². The van der Waals surface area contributed by atoms with Crippen LogP contribution in [0.1, 0.15) is 25.7 Å². The van der Waals surface area contributed by atoms with Crippen LogP contribution in [0.5, 0.6) is 0 Å². The van der Waals surface area contributed by atoms with Gasteiger partial charge in [0.2, 0.25) is 0 Å². The van der Waals surface area contributed by atoms with Crippen molar-refractivity contribution >= 4 is 11.5 Å². The van der Waals surface area contributed by atoms with Crippen LogP contribution in [-0.2, 0) is 0 Å². The van der Waals surface area contributed by atoms with Crippen LogP contribution in [0, 0.1) is 0 Å². The third-order valence-electron chi connectivity index (χ3n) is 3.67. The SMILES string of the molecule is NCCN(c1ccn2nccc2n1)C1CCCC1. The first kappa shape index (κ1) is 11.5. The van der Waals surface area contributed by atoms with E-state index in [2.05, 4.69) is 15.0 Å². The zero-order valence-electron chi connectivity index (χ0n) is 10.5. The molecular weight excluding hydrogens is 226 g/mol. The minimum atomic E-state index is 0.603. The second-order valence-electron chi connectivity index (χ2n) is 4.84. The number of hydrogen-bond acceptors (Lipinski definition) is 4. The van der Waals surface area contributed by atoms with E-state index in [1.165, 1.54) is 25.7 Å². The van der Waals surface area contributed by atoms with E-state index in [0.717, 1.165) is 18.0 Å². The third kappa shape index (κ3) is 2.06. The van der Waals surface area contributed by atoms with Crippen molar-refractivity contribution in [3.05, 3.63) is 24.5 Å². The second-order valence-corrected chi connectivity index (χ2v) is 4.84. The molecule has 0 atom stereocenters. The smallest absolute Gasteiger partial charge is 0.157 e. The summed E-state index contributed by atoms with van der Waals surface area (Å²) in [6.45, 7) is 1.55. The number of hydrogen-bond donors (Lipinski definition) is 1. The molecule has 5 heteroatoms. The molecule has 0 bridgehead atoms. The van der Waals surface area contributed by atoms with Crippen LogP contribution in [0.15, 0.2) is 24.5 Å². The summed E-state index contributed by atoms with van der Waals surface area (Å²) in [5.41, 5.74) is 6.64. The maximum atomic E-state index is 5.74. The number of rotatable bonds is 4. The molecule has 0 aromatic carbocycles. The Balaban J connectivity index is 1.92. The number of anilines is 1. The average Bonchev–Trinajstić information content (AvgIpc) is 3.05. The summed E-state index contributed by atoms with van der Waals surface area (Å²) in [4.78, 5) is 7.03. The Morgan fingerprint density at radius 1 is 1.33 bits per heavy atom. The Morgan fingerprint density at radius 3 is 2.94 bits per heavy atom. The van der Waals surface area contributed by atoms with Crippen LogP contribution < -0.4 is 10.6 Å². The normalized spacial score (nSPS) is 16.5. The van der Waals surface area contributed by atoms with Gasteiger partial charge in [-0.25, -0.2) is 9.50 Å². The number of nitrogens with two attached hydrogens (primary N) is 1. The molecule has 2 heterocycles. The van der Waals surface area contributed by atoms with Crippen molar-refractivity contribution in [3.63, 3.8) is 0 Å². The van der Waals surface area contributed by atoms with Crippen molar-refractivity contribution in [2.75, 3.05) is 18.0 Å². The first-order chi connectivity index (χ1) is 8.88. The van der Waals surface area contributed by atoms with Crippen molar-refractivity contribution in [3.8, 4) is 0 Å². The molecule has 1 fully saturated rings. The van der Waals surface area contributed by atoms with Crippen molar-refractivity contribution in [2.45, 2.75) is 31.7 Å². The summed E-state index contributed by atoms with van der Waals surface area (Å²) >= 11 is 0. The molecule has 2 aromatic heterocycles. The molecule has 2 aromatic rings. The van der Waals surface area contributed by atoms with Crippen LogP contribution in [-0.4, -0.2) is 33.7 Å². The molecule has 0 amide bonds. The average molecular weight is 245 g/mol. The maximum absolute atomic E-state index is 5.74. The molecule has 1 saturated carbocycles. The summed E-state index contributed by atoms with van der Waals surface area (Å²) in [7, 11) is 0. The van der Waals surface area contributed by atoms with Gasteiger partial charge in [0.25, 0.3) is 0 Å². The molecule has 5 nitrogen and oxygen atoms in total. The van der Waals surface area contributed by atoms with Crippen LogP contribution >= 0.6 is 0 Å². The van der Waals surface area contributed by atoms with Gasteiger partial charge < -0.3 is 10.6 Å². The lowest BCUT2D eigenvalue weighted by molar-refractivity contribution is 0.602. The van der Waals surface area contributed by atoms with Gasteiger partial charge in [-0.15, -0.1) is 0 Å². The molecule has 18 heavy (non-hydrogen) atoms. The van der Waals surface area contributed by atoms with Gasteiger partial charge in [0.1, 0.15) is 5.82 Å². The van der Waals surface area contributed by atoms with Gasteiger partial charge in [0.15, 0.2) is 5.65 Å². The fourth-order valence-corrected chi connectivity index (χ4v) is 2.80. The molecule has 1 aliphatic carbocycles. The van der Waals surface area contributed by atoms with Gasteiger partial charge in [-0.1, -0.05) is 12.8 Å². The Bertz CT molecular complexity index is 515. The van der Waals surface area contributed by atoms with E-state index in [1.54, 1.807) is 10.7 Å². The minimum absolute atomic E-state index is 0.603. The van der Waals surface area contributed by atoms with E-state index in [9.17, 15) is 0 Å². The fourth-order valence-electron chi connectivity index (χ4n) is 2.80. The van der Waals surface area contributed by atoms with Crippen LogP contribution in [0.3, 0.4) is 0 Å². The van der Waals surface area contributed by atoms with Crippen molar-refractivity contribution in [1.29, 1.82) is 0 Å². The molecule has 0 unspecified atom stereocenters. The number of nitrogens with zero attached hydrogens (tertiary/aromatic N) is 4. The van der Waals surface area contributed by atoms with Gasteiger partial charge in [0, 0.05) is 31.4 Å². The lowest BCUT2D eigenvalue weighted by Crippen LogP contribution is -2.38. The van der Waals surface area contributed by atoms with E-state index in [4.69, 9.17) is 5.73 Å². The highest BCUT2D eigenvalue weighted by atomic mass is 15.3. The predicted molar refractivity (Wildman–Crippen MR) is 71.6 cm³/mol. The quantitative estimate of drug-likeness (QED) is 0.885. The lowest BCUT2D eigenvalue weighted by Gasteiger charge is -2.29. The molecular formula is C13H19N5. The lowest BCUT2D eigenvalue weighted by atomic mass is 10.2. The highest BCUT2D eigenvalue weighted by Gasteiger charge is 2.23. The molecule has 0 radical (unpaired) electrons. The van der Waals surface area contributed by atoms with Crippen molar-refractivity contribution in [2.24, 2.45) is 5.73 Å². The Morgan fingerprint density at radius 2 is 2.17 bits per heavy atom. The van der Waals surface area contributed by atoms with Crippen molar-refractivity contribution < 1.29 is 0 Å². The zero-order chi connectivity index (χ0) is 12.4. The standard InChI is InChI=1S/C13H19N5/c14-7-10-17(11-3-1-2-4-11)12-6-9-18-13(16-12)5-8-15-18/h5-6,8-9,11H,1-4,7,10,14H2. The third-order valence-corrected chi connectivity index (χ3v) is 3.67. The first-order valence-electron chi connectivity index (χ1n) is 6.65. The van der Waals surface area contributed by atoms with Gasteiger partial charge in [-0.2, -0.15) is 5.10 Å². The van der Waals surface area contributed by atoms with Crippen LogP contribution in [0.4, 0.5) is 5.82 Å². The van der Waals surface area contributed by atoms with E-state index < -0.39 is 0 Å². The second kappa shape index (κ2) is 4.94. The molecule has 1 aliphatic rings. The summed E-state index contributed by atoms with van der Waals surface area (Å²) in [6.07, 6.45) is 8.89. The Kier molecular flexibility index (Phi) is 3.15. The highest BCUT2D eigenvalue weighted by molar-refractivity contribution is 5.48. The van der Waals surface area contributed by atoms with Gasteiger partial charge >= 0.3 is 0 Å². The summed E-state index contributed by atoms with van der Waals surface area (Å²) < 4.78 is 1.79. The fraction of sp³-hybridized carbons (Fsp3) is 0.538. The van der Waals surface area contributed by atoms with Crippen LogP contribution in [0.2, 0.25) is 0 Å². The largest absolute Gasteiger partial charge is 0.352 e. The van der Waals surface area contributed by atoms with E-state index in [1.807, 2.05) is 18.3 Å². The zero-order valence-corrected chi connectivity index (χ0v) is 10.5. The van der Waals surface area contributed by atoms with E-state index in [0.29, 0.717) is 12.6 Å². The first-order valence-corrected chi connectivity index (χ1v) is 6.65. The topological polar surface area (TPSA) is 59.5 Å². The van der Waals surface area contributed by atoms with Gasteiger partial charge in [-0.05, 0) is 18.9 Å². The minimum Gasteiger partial charge on any atom is -0.352 e. The molecule has 96 valence electrons. The summed E-state index contributed by atoms with van der Waals surface area (Å²) in [5, 5.41) is 4.17. The van der Waals surface area contributed by atoms with E-state index >= 15 is 0 Å². The molecule has 0 aliphatic heterocycles. The maximum Gasteiger partial charge on any atom is 0.157 e. The van der Waals surface area contributed by atoms with Crippen molar-refractivity contribution in [1.82, 2.24) is 14.6 Å². The molecule has 0 saturated heterocycles. The van der Waals surface area contributed by atoms with Crippen LogP contribution in [0.25, 0.3) is 5.65 Å². The predicted octanol–water partition coefficient (Wildman–Crippen LogP) is 1.44. The Hall–Kier alpha value is -1.62. The summed E-state index contributed by atoms with van der Waals surface area (Å²) in [5.74, 6) is 1.03. The molecule has 0 spiro atoms. The number of fused-ring (bicyclic) bond motifs is 1.